The van der Waals surface area contributed by atoms with E-state index in [0.717, 1.165) is 48.8 Å². The minimum Gasteiger partial charge on any atom is -0.490 e. The van der Waals surface area contributed by atoms with Gasteiger partial charge in [0.2, 0.25) is 0 Å². The minimum absolute atomic E-state index is 0.0179. The lowest BCUT2D eigenvalue weighted by Gasteiger charge is -2.46. The Morgan fingerprint density at radius 1 is 1.13 bits per heavy atom. The van der Waals surface area contributed by atoms with Gasteiger partial charge in [0, 0.05) is 49.4 Å². The molecule has 3 fully saturated rings. The maximum atomic E-state index is 14.5. The summed E-state index contributed by atoms with van der Waals surface area (Å²) in [5.74, 6) is 1.31. The third kappa shape index (κ3) is 7.40. The number of hydrogen-bond donors (Lipinski definition) is 1. The molecule has 280 valence electrons. The molecule has 0 radical (unpaired) electrons. The van der Waals surface area contributed by atoms with Crippen molar-refractivity contribution in [2.24, 2.45) is 28.0 Å². The number of nitrogens with one attached hydrogen (secondary N) is 1. The predicted octanol–water partition coefficient (Wildman–Crippen LogP) is 6.46. The van der Waals surface area contributed by atoms with Crippen molar-refractivity contribution < 1.29 is 32.7 Å². The van der Waals surface area contributed by atoms with Crippen molar-refractivity contribution in [1.29, 1.82) is 0 Å². The first-order chi connectivity index (χ1) is 25.1. The Bertz CT molecular complexity index is 1860. The number of nitrogens with zero attached hydrogens (tertiary/aromatic N) is 2. The average Bonchev–Trinajstić information content (AvgIpc) is 3.91. The first kappa shape index (κ1) is 36.0. The van der Waals surface area contributed by atoms with E-state index in [0.29, 0.717) is 68.3 Å². The van der Waals surface area contributed by atoms with E-state index in [1.54, 1.807) is 13.2 Å². The van der Waals surface area contributed by atoms with E-state index < -0.39 is 21.7 Å². The summed E-state index contributed by atoms with van der Waals surface area (Å²) in [7, 11) is -1.72. The van der Waals surface area contributed by atoms with Crippen LogP contribution >= 0.6 is 11.6 Å². The highest BCUT2D eigenvalue weighted by Crippen LogP contribution is 2.61. The van der Waals surface area contributed by atoms with Crippen LogP contribution in [-0.4, -0.2) is 80.6 Å². The number of halogens is 1. The fourth-order valence-corrected chi connectivity index (χ4v) is 11.4. The number of ether oxygens (including phenoxy) is 4. The van der Waals surface area contributed by atoms with E-state index >= 15 is 0 Å². The summed E-state index contributed by atoms with van der Waals surface area (Å²) < 4.78 is 45.3. The smallest absolute Gasteiger partial charge is 0.286 e. The van der Waals surface area contributed by atoms with Crippen LogP contribution in [0, 0.1) is 23.7 Å². The predicted molar refractivity (Wildman–Crippen MR) is 200 cm³/mol. The van der Waals surface area contributed by atoms with Gasteiger partial charge >= 0.3 is 0 Å². The van der Waals surface area contributed by atoms with Gasteiger partial charge in [-0.15, -0.1) is 4.36 Å². The molecule has 2 saturated carbocycles. The first-order valence-corrected chi connectivity index (χ1v) is 21.0. The molecule has 6 aliphatic rings. The van der Waals surface area contributed by atoms with Gasteiger partial charge in [0.05, 0.1) is 30.3 Å². The molecular weight excluding hydrogens is 702 g/mol. The van der Waals surface area contributed by atoms with Crippen LogP contribution in [0.2, 0.25) is 5.02 Å². The molecule has 0 unspecified atom stereocenters. The van der Waals surface area contributed by atoms with Crippen LogP contribution in [-0.2, 0) is 34.3 Å². The highest BCUT2D eigenvalue weighted by molar-refractivity contribution is 7.92. The Balaban J connectivity index is 1.15. The van der Waals surface area contributed by atoms with Gasteiger partial charge in [0.15, 0.2) is 0 Å². The Labute approximate surface area is 312 Å². The number of fused-ring (bicyclic) bond motifs is 6. The normalized spacial score (nSPS) is 35.1. The summed E-state index contributed by atoms with van der Waals surface area (Å²) in [6.07, 6.45) is 10.4. The van der Waals surface area contributed by atoms with Crippen LogP contribution < -0.4 is 14.4 Å². The van der Waals surface area contributed by atoms with Gasteiger partial charge in [-0.05, 0) is 116 Å². The zero-order valence-electron chi connectivity index (χ0n) is 30.1. The molecule has 1 saturated heterocycles. The van der Waals surface area contributed by atoms with Crippen molar-refractivity contribution in [3.63, 3.8) is 0 Å². The van der Waals surface area contributed by atoms with Crippen molar-refractivity contribution in [3.8, 4) is 5.75 Å². The second kappa shape index (κ2) is 14.7. The lowest BCUT2D eigenvalue weighted by atomic mass is 9.68. The van der Waals surface area contributed by atoms with Crippen molar-refractivity contribution in [3.05, 3.63) is 70.3 Å². The van der Waals surface area contributed by atoms with Gasteiger partial charge in [-0.25, -0.2) is 4.21 Å². The standard InChI is InChI=1S/C40H50ClN3O7S/c1-25-4-3-5-36(48-2)31-9-6-27(31)20-44-23-40(19-28-16-32(28)33-18-29(41)8-10-34(33)40)24-51-37-11-7-26(17-35(37)44)39(46)43-52(47,22-25)42-38(45)21-50-30-12-14-49-15-13-30/h3,5,7-8,10-11,17-18,25,27-28,30-32,36H,4,6,9,12-16,19-24H2,1-2H3,(H,42,43,45,46,47)/b5-3+/t25-,27-,28-,31+,32-,36-,40-,52+/m0/s1. The van der Waals surface area contributed by atoms with E-state index in [4.69, 9.17) is 30.5 Å². The zero-order valence-corrected chi connectivity index (χ0v) is 31.7. The number of anilines is 1. The van der Waals surface area contributed by atoms with Crippen molar-refractivity contribution in [2.45, 2.75) is 75.4 Å². The number of hydrogen-bond acceptors (Lipinski definition) is 8. The summed E-state index contributed by atoms with van der Waals surface area (Å²) in [4.78, 5) is 29.6. The Morgan fingerprint density at radius 2 is 1.98 bits per heavy atom. The van der Waals surface area contributed by atoms with Crippen LogP contribution in [0.15, 0.2) is 52.9 Å². The Morgan fingerprint density at radius 3 is 2.77 bits per heavy atom. The summed E-state index contributed by atoms with van der Waals surface area (Å²) in [6, 6.07) is 11.8. The summed E-state index contributed by atoms with van der Waals surface area (Å²) >= 11 is 6.54. The maximum Gasteiger partial charge on any atom is 0.286 e. The average molecular weight is 752 g/mol. The van der Waals surface area contributed by atoms with E-state index in [-0.39, 0.29) is 35.9 Å². The SMILES string of the molecule is CO[C@H]1/C=C/C[C@H](C)C[S@@](=O)(NC(=O)COC2CCOCC2)=NC(=O)c2ccc3c(c2)N(C[C@@H]2CC[C@H]21)C[C@]1(CO3)C[C@@H]2C[C@@H]2c2cc(Cl)ccc21. The molecule has 1 N–H and O–H groups in total. The number of carbonyl (C=O) groups excluding carboxylic acids is 2. The largest absolute Gasteiger partial charge is 0.490 e. The lowest BCUT2D eigenvalue weighted by Crippen LogP contribution is -2.49. The molecule has 3 aliphatic heterocycles. The van der Waals surface area contributed by atoms with Crippen molar-refractivity contribution >= 4 is 39.0 Å². The molecule has 8 atom stereocenters. The van der Waals surface area contributed by atoms with Crippen molar-refractivity contribution in [1.82, 2.24) is 4.72 Å². The fourth-order valence-electron chi connectivity index (χ4n) is 9.33. The molecule has 2 bridgehead atoms. The third-order valence-electron chi connectivity index (χ3n) is 12.2. The molecule has 2 aromatic rings. The number of methoxy groups -OCH3 is 1. The summed E-state index contributed by atoms with van der Waals surface area (Å²) in [5.41, 5.74) is 3.56. The van der Waals surface area contributed by atoms with E-state index in [1.165, 1.54) is 17.5 Å². The van der Waals surface area contributed by atoms with Crippen LogP contribution in [0.3, 0.4) is 0 Å². The highest BCUT2D eigenvalue weighted by Gasteiger charge is 2.54. The molecule has 3 heterocycles. The van der Waals surface area contributed by atoms with Crippen molar-refractivity contribution in [2.75, 3.05) is 57.3 Å². The second-order valence-electron chi connectivity index (χ2n) is 16.0. The van der Waals surface area contributed by atoms with E-state index in [9.17, 15) is 13.8 Å². The monoisotopic (exact) mass is 751 g/mol. The van der Waals surface area contributed by atoms with Gasteiger partial charge in [-0.3, -0.25) is 14.3 Å². The molecule has 12 heteroatoms. The molecule has 52 heavy (non-hydrogen) atoms. The lowest BCUT2D eigenvalue weighted by molar-refractivity contribution is -0.128. The Hall–Kier alpha value is -2.96. The molecule has 2 aromatic carbocycles. The maximum absolute atomic E-state index is 14.5. The molecule has 2 amide bonds. The third-order valence-corrected chi connectivity index (χ3v) is 14.5. The van der Waals surface area contributed by atoms with Gasteiger partial charge < -0.3 is 23.8 Å². The first-order valence-electron chi connectivity index (χ1n) is 18.9. The second-order valence-corrected chi connectivity index (χ2v) is 18.4. The van der Waals surface area contributed by atoms with Crippen LogP contribution in [0.5, 0.6) is 5.75 Å². The number of amides is 2. The molecular formula is C40H50ClN3O7S. The van der Waals surface area contributed by atoms with Gasteiger partial charge in [-0.2, -0.15) is 0 Å². The van der Waals surface area contributed by atoms with Gasteiger partial charge in [0.25, 0.3) is 11.8 Å². The van der Waals surface area contributed by atoms with E-state index in [2.05, 4.69) is 38.3 Å². The molecule has 8 rings (SSSR count). The summed E-state index contributed by atoms with van der Waals surface area (Å²) in [5, 5.41) is 0.765. The molecule has 1 spiro atoms. The van der Waals surface area contributed by atoms with Crippen LogP contribution in [0.4, 0.5) is 5.69 Å². The van der Waals surface area contributed by atoms with Gasteiger partial charge in [0.1, 0.15) is 22.3 Å². The number of benzene rings is 2. The molecule has 10 nitrogen and oxygen atoms in total. The summed E-state index contributed by atoms with van der Waals surface area (Å²) in [6.45, 7) is 4.91. The topological polar surface area (TPSA) is 116 Å². The number of carbonyl (C=O) groups is 2. The van der Waals surface area contributed by atoms with E-state index in [1.807, 2.05) is 25.1 Å². The van der Waals surface area contributed by atoms with Crippen LogP contribution in [0.1, 0.15) is 79.3 Å². The molecule has 0 aromatic heterocycles. The van der Waals surface area contributed by atoms with Gasteiger partial charge in [-0.1, -0.05) is 36.7 Å². The fraction of sp³-hybridized carbons (Fsp3) is 0.600. The Kier molecular flexibility index (Phi) is 10.2. The number of allylic oxidation sites excluding steroid dienone is 1. The number of rotatable bonds is 5. The zero-order chi connectivity index (χ0) is 36.0. The highest BCUT2D eigenvalue weighted by atomic mass is 35.5. The van der Waals surface area contributed by atoms with Crippen LogP contribution in [0.25, 0.3) is 0 Å². The quantitative estimate of drug-likeness (QED) is 0.347. The minimum atomic E-state index is -3.50. The molecule has 3 aliphatic carbocycles.